The third-order valence-corrected chi connectivity index (χ3v) is 4.04. The summed E-state index contributed by atoms with van der Waals surface area (Å²) < 4.78 is 10.6. The van der Waals surface area contributed by atoms with Crippen molar-refractivity contribution in [3.05, 3.63) is 18.2 Å². The summed E-state index contributed by atoms with van der Waals surface area (Å²) in [5.41, 5.74) is 1.06. The largest absolute Gasteiger partial charge is 0.497 e. The summed E-state index contributed by atoms with van der Waals surface area (Å²) in [6.45, 7) is 0. The average Bonchev–Trinajstić information content (AvgIpc) is 2.40. The van der Waals surface area contributed by atoms with E-state index in [1.807, 2.05) is 30.0 Å². The SMILES string of the molecule is COc1ccc(NC2CCSCC2)c(OC)c1. The molecule has 1 saturated heterocycles. The zero-order chi connectivity index (χ0) is 12.1. The van der Waals surface area contributed by atoms with Crippen molar-refractivity contribution in [2.75, 3.05) is 31.0 Å². The summed E-state index contributed by atoms with van der Waals surface area (Å²) in [6, 6.07) is 6.47. The summed E-state index contributed by atoms with van der Waals surface area (Å²) in [7, 11) is 3.36. The summed E-state index contributed by atoms with van der Waals surface area (Å²) in [6.07, 6.45) is 2.44. The van der Waals surface area contributed by atoms with Gasteiger partial charge >= 0.3 is 0 Å². The van der Waals surface area contributed by atoms with Crippen LogP contribution in [0.4, 0.5) is 5.69 Å². The van der Waals surface area contributed by atoms with Crippen LogP contribution in [0.5, 0.6) is 11.5 Å². The van der Waals surface area contributed by atoms with Crippen LogP contribution in [0.2, 0.25) is 0 Å². The summed E-state index contributed by atoms with van der Waals surface area (Å²) in [5, 5.41) is 3.56. The van der Waals surface area contributed by atoms with Crippen molar-refractivity contribution in [2.24, 2.45) is 0 Å². The minimum absolute atomic E-state index is 0.568. The molecule has 2 rings (SSSR count). The number of thioether (sulfide) groups is 1. The van der Waals surface area contributed by atoms with Gasteiger partial charge in [0.25, 0.3) is 0 Å². The Hall–Kier alpha value is -1.03. The summed E-state index contributed by atoms with van der Waals surface area (Å²) >= 11 is 2.03. The molecule has 1 aromatic rings. The molecule has 4 heteroatoms. The van der Waals surface area contributed by atoms with E-state index < -0.39 is 0 Å². The molecule has 1 aromatic carbocycles. The van der Waals surface area contributed by atoms with E-state index in [1.165, 1.54) is 24.3 Å². The molecule has 0 aromatic heterocycles. The fourth-order valence-corrected chi connectivity index (χ4v) is 3.09. The number of rotatable bonds is 4. The Morgan fingerprint density at radius 1 is 1.18 bits per heavy atom. The maximum atomic E-state index is 5.38. The van der Waals surface area contributed by atoms with Gasteiger partial charge < -0.3 is 14.8 Å². The monoisotopic (exact) mass is 253 g/mol. The summed E-state index contributed by atoms with van der Waals surface area (Å²) in [5.74, 6) is 4.17. The normalized spacial score (nSPS) is 16.6. The van der Waals surface area contributed by atoms with Gasteiger partial charge in [-0.3, -0.25) is 0 Å². The number of nitrogens with one attached hydrogen (secondary N) is 1. The van der Waals surface area contributed by atoms with Gasteiger partial charge in [-0.1, -0.05) is 0 Å². The highest BCUT2D eigenvalue weighted by Gasteiger charge is 2.15. The molecule has 1 aliphatic rings. The Labute approximate surface area is 107 Å². The zero-order valence-electron chi connectivity index (χ0n) is 10.4. The van der Waals surface area contributed by atoms with E-state index in [1.54, 1.807) is 14.2 Å². The molecule has 0 bridgehead atoms. The minimum atomic E-state index is 0.568. The number of anilines is 1. The second-order valence-electron chi connectivity index (χ2n) is 4.10. The smallest absolute Gasteiger partial charge is 0.145 e. The van der Waals surface area contributed by atoms with Crippen LogP contribution in [0, 0.1) is 0 Å². The highest BCUT2D eigenvalue weighted by molar-refractivity contribution is 7.99. The number of hydrogen-bond donors (Lipinski definition) is 1. The predicted molar refractivity (Wildman–Crippen MR) is 73.5 cm³/mol. The van der Waals surface area contributed by atoms with Crippen LogP contribution in [0.15, 0.2) is 18.2 Å². The van der Waals surface area contributed by atoms with Crippen molar-refractivity contribution in [3.8, 4) is 11.5 Å². The molecule has 94 valence electrons. The van der Waals surface area contributed by atoms with Gasteiger partial charge in [0, 0.05) is 12.1 Å². The van der Waals surface area contributed by atoms with Crippen molar-refractivity contribution < 1.29 is 9.47 Å². The molecule has 0 saturated carbocycles. The molecule has 0 radical (unpaired) electrons. The number of ether oxygens (including phenoxy) is 2. The maximum absolute atomic E-state index is 5.38. The van der Waals surface area contributed by atoms with E-state index in [4.69, 9.17) is 9.47 Å². The predicted octanol–water partition coefficient (Wildman–Crippen LogP) is 3.01. The van der Waals surface area contributed by atoms with Gasteiger partial charge in [-0.05, 0) is 36.5 Å². The molecule has 0 spiro atoms. The first-order valence-electron chi connectivity index (χ1n) is 5.90. The number of benzene rings is 1. The van der Waals surface area contributed by atoms with Crippen molar-refractivity contribution >= 4 is 17.4 Å². The van der Waals surface area contributed by atoms with E-state index in [-0.39, 0.29) is 0 Å². The van der Waals surface area contributed by atoms with Gasteiger partial charge in [0.1, 0.15) is 11.5 Å². The lowest BCUT2D eigenvalue weighted by Gasteiger charge is -2.24. The molecule has 3 nitrogen and oxygen atoms in total. The Balaban J connectivity index is 2.08. The molecule has 0 aliphatic carbocycles. The lowest BCUT2D eigenvalue weighted by atomic mass is 10.1. The maximum Gasteiger partial charge on any atom is 0.145 e. The second-order valence-corrected chi connectivity index (χ2v) is 5.32. The Bertz CT molecular complexity index is 364. The van der Waals surface area contributed by atoms with Gasteiger partial charge in [-0.15, -0.1) is 0 Å². The van der Waals surface area contributed by atoms with Gasteiger partial charge in [-0.2, -0.15) is 11.8 Å². The lowest BCUT2D eigenvalue weighted by molar-refractivity contribution is 0.395. The first kappa shape index (κ1) is 12.4. The molecule has 1 N–H and O–H groups in total. The van der Waals surface area contributed by atoms with Crippen molar-refractivity contribution in [2.45, 2.75) is 18.9 Å². The molecule has 0 atom stereocenters. The molecule has 1 fully saturated rings. The number of methoxy groups -OCH3 is 2. The van der Waals surface area contributed by atoms with Crippen LogP contribution in [0.3, 0.4) is 0 Å². The fourth-order valence-electron chi connectivity index (χ4n) is 1.98. The first-order chi connectivity index (χ1) is 8.33. The highest BCUT2D eigenvalue weighted by Crippen LogP contribution is 2.31. The third-order valence-electron chi connectivity index (χ3n) is 2.99. The third kappa shape index (κ3) is 3.22. The van der Waals surface area contributed by atoms with E-state index in [9.17, 15) is 0 Å². The van der Waals surface area contributed by atoms with E-state index in [0.29, 0.717) is 6.04 Å². The Morgan fingerprint density at radius 3 is 2.59 bits per heavy atom. The van der Waals surface area contributed by atoms with Crippen LogP contribution in [0.1, 0.15) is 12.8 Å². The van der Waals surface area contributed by atoms with E-state index in [2.05, 4.69) is 5.32 Å². The van der Waals surface area contributed by atoms with Crippen LogP contribution < -0.4 is 14.8 Å². The lowest BCUT2D eigenvalue weighted by Crippen LogP contribution is -2.24. The van der Waals surface area contributed by atoms with Gasteiger partial charge in [-0.25, -0.2) is 0 Å². The minimum Gasteiger partial charge on any atom is -0.497 e. The Morgan fingerprint density at radius 2 is 1.94 bits per heavy atom. The zero-order valence-corrected chi connectivity index (χ0v) is 11.2. The molecule has 17 heavy (non-hydrogen) atoms. The highest BCUT2D eigenvalue weighted by atomic mass is 32.2. The molecule has 1 heterocycles. The van der Waals surface area contributed by atoms with Crippen molar-refractivity contribution in [1.82, 2.24) is 0 Å². The average molecular weight is 253 g/mol. The first-order valence-corrected chi connectivity index (χ1v) is 7.05. The molecular weight excluding hydrogens is 234 g/mol. The van der Waals surface area contributed by atoms with Crippen LogP contribution in [0.25, 0.3) is 0 Å². The Kier molecular flexibility index (Phi) is 4.42. The molecular formula is C13H19NO2S. The standard InChI is InChI=1S/C13H19NO2S/c1-15-11-3-4-12(13(9-11)16-2)14-10-5-7-17-8-6-10/h3-4,9-10,14H,5-8H2,1-2H3. The molecule has 0 unspecified atom stereocenters. The number of hydrogen-bond acceptors (Lipinski definition) is 4. The quantitative estimate of drug-likeness (QED) is 0.893. The van der Waals surface area contributed by atoms with Crippen LogP contribution in [-0.4, -0.2) is 31.8 Å². The van der Waals surface area contributed by atoms with Crippen LogP contribution in [-0.2, 0) is 0 Å². The van der Waals surface area contributed by atoms with Gasteiger partial charge in [0.05, 0.1) is 19.9 Å². The fraction of sp³-hybridized carbons (Fsp3) is 0.538. The molecule has 1 aliphatic heterocycles. The topological polar surface area (TPSA) is 30.5 Å². The van der Waals surface area contributed by atoms with E-state index in [0.717, 1.165) is 17.2 Å². The summed E-state index contributed by atoms with van der Waals surface area (Å²) in [4.78, 5) is 0. The van der Waals surface area contributed by atoms with Crippen molar-refractivity contribution in [1.29, 1.82) is 0 Å². The second kappa shape index (κ2) is 6.05. The van der Waals surface area contributed by atoms with Crippen molar-refractivity contribution in [3.63, 3.8) is 0 Å². The van der Waals surface area contributed by atoms with E-state index >= 15 is 0 Å². The van der Waals surface area contributed by atoms with Gasteiger partial charge in [0.2, 0.25) is 0 Å². The van der Waals surface area contributed by atoms with Gasteiger partial charge in [0.15, 0.2) is 0 Å². The van der Waals surface area contributed by atoms with Crippen LogP contribution >= 0.6 is 11.8 Å². The molecule has 0 amide bonds.